The maximum absolute atomic E-state index is 10.8. The van der Waals surface area contributed by atoms with Gasteiger partial charge in [0.05, 0.1) is 0 Å². The smallest absolute Gasteiger partial charge is 0.356 e. The highest BCUT2D eigenvalue weighted by Crippen LogP contribution is 2.13. The molecule has 0 spiro atoms. The van der Waals surface area contributed by atoms with Gasteiger partial charge in [-0.1, -0.05) is 13.8 Å². The van der Waals surface area contributed by atoms with Crippen molar-refractivity contribution in [3.8, 4) is 0 Å². The number of carbonyl (C=O) groups is 1. The molecule has 4 heteroatoms. The van der Waals surface area contributed by atoms with Gasteiger partial charge in [-0.25, -0.2) is 4.79 Å². The van der Waals surface area contributed by atoms with E-state index in [1.807, 2.05) is 6.92 Å². The molecule has 0 bridgehead atoms. The van der Waals surface area contributed by atoms with E-state index in [9.17, 15) is 4.79 Å². The molecule has 1 aromatic rings. The van der Waals surface area contributed by atoms with Crippen molar-refractivity contribution in [2.45, 2.75) is 27.3 Å². The minimum absolute atomic E-state index is 0.0585. The second kappa shape index (κ2) is 3.82. The number of carboxylic acids is 1. The maximum atomic E-state index is 10.8. The molecule has 0 aliphatic heterocycles. The van der Waals surface area contributed by atoms with Crippen molar-refractivity contribution in [3.63, 3.8) is 0 Å². The Hall–Kier alpha value is -1.32. The van der Waals surface area contributed by atoms with Gasteiger partial charge in [-0.3, -0.25) is 4.68 Å². The first-order valence-electron chi connectivity index (χ1n) is 4.56. The third-order valence-electron chi connectivity index (χ3n) is 2.07. The molecule has 1 heterocycles. The average Bonchev–Trinajstić information content (AvgIpc) is 2.32. The van der Waals surface area contributed by atoms with Crippen LogP contribution in [0.25, 0.3) is 0 Å². The summed E-state index contributed by atoms with van der Waals surface area (Å²) in [5.74, 6) is -0.574. The summed E-state index contributed by atoms with van der Waals surface area (Å²) >= 11 is 0. The van der Waals surface area contributed by atoms with Crippen molar-refractivity contribution in [3.05, 3.63) is 23.9 Å². The molecule has 1 aromatic heterocycles. The van der Waals surface area contributed by atoms with Gasteiger partial charge >= 0.3 is 5.97 Å². The molecule has 0 atom stereocenters. The molecular weight excluding hydrogens is 180 g/mol. The fourth-order valence-corrected chi connectivity index (χ4v) is 1.28. The van der Waals surface area contributed by atoms with E-state index in [2.05, 4.69) is 25.9 Å². The molecule has 4 nitrogen and oxygen atoms in total. The van der Waals surface area contributed by atoms with Crippen LogP contribution < -0.4 is 0 Å². The van der Waals surface area contributed by atoms with Crippen LogP contribution in [0, 0.1) is 19.8 Å². The van der Waals surface area contributed by atoms with Gasteiger partial charge in [0.15, 0.2) is 5.69 Å². The molecule has 0 unspecified atom stereocenters. The van der Waals surface area contributed by atoms with E-state index in [-0.39, 0.29) is 5.69 Å². The molecule has 1 N–H and O–H groups in total. The Bertz CT molecular complexity index is 353. The number of hydrogen-bond acceptors (Lipinski definition) is 2. The first-order chi connectivity index (χ1) is 6.43. The zero-order valence-electron chi connectivity index (χ0n) is 8.74. The number of rotatable bonds is 3. The molecule has 1 radical (unpaired) electrons. The van der Waals surface area contributed by atoms with Crippen LogP contribution >= 0.6 is 0 Å². The normalized spacial score (nSPS) is 10.9. The van der Waals surface area contributed by atoms with E-state index in [1.54, 1.807) is 4.68 Å². The van der Waals surface area contributed by atoms with Gasteiger partial charge < -0.3 is 5.11 Å². The van der Waals surface area contributed by atoms with E-state index in [0.29, 0.717) is 11.5 Å². The number of aromatic nitrogens is 2. The Balaban J connectivity index is 3.08. The fraction of sp³-hybridized carbons (Fsp3) is 0.500. The van der Waals surface area contributed by atoms with Crippen LogP contribution in [0.3, 0.4) is 0 Å². The SMILES string of the molecule is [CH2]c1c(C(=O)O)nn(CC(C)C)c1C. The molecule has 0 aromatic carbocycles. The summed E-state index contributed by atoms with van der Waals surface area (Å²) in [5, 5.41) is 12.8. The van der Waals surface area contributed by atoms with E-state index >= 15 is 0 Å². The van der Waals surface area contributed by atoms with Crippen LogP contribution in [0.1, 0.15) is 35.6 Å². The van der Waals surface area contributed by atoms with Crippen molar-refractivity contribution in [1.82, 2.24) is 9.78 Å². The number of aromatic carboxylic acids is 1. The molecule has 14 heavy (non-hydrogen) atoms. The molecule has 1 rings (SSSR count). The van der Waals surface area contributed by atoms with Gasteiger partial charge in [0.2, 0.25) is 0 Å². The Morgan fingerprint density at radius 3 is 2.57 bits per heavy atom. The first kappa shape index (κ1) is 10.8. The van der Waals surface area contributed by atoms with Gasteiger partial charge in [0, 0.05) is 17.8 Å². The maximum Gasteiger partial charge on any atom is 0.356 e. The van der Waals surface area contributed by atoms with Crippen molar-refractivity contribution in [1.29, 1.82) is 0 Å². The monoisotopic (exact) mass is 195 g/mol. The molecule has 0 amide bonds. The van der Waals surface area contributed by atoms with Crippen molar-refractivity contribution in [2.75, 3.05) is 0 Å². The third-order valence-corrected chi connectivity index (χ3v) is 2.07. The summed E-state index contributed by atoms with van der Waals surface area (Å²) in [6, 6.07) is 0. The van der Waals surface area contributed by atoms with Gasteiger partial charge in [-0.05, 0) is 19.8 Å². The Morgan fingerprint density at radius 2 is 2.21 bits per heavy atom. The lowest BCUT2D eigenvalue weighted by Crippen LogP contribution is -2.08. The summed E-state index contributed by atoms with van der Waals surface area (Å²) in [7, 11) is 0. The van der Waals surface area contributed by atoms with E-state index < -0.39 is 5.97 Å². The number of nitrogens with zero attached hydrogens (tertiary/aromatic N) is 2. The highest BCUT2D eigenvalue weighted by molar-refractivity contribution is 5.87. The molecule has 0 saturated carbocycles. The van der Waals surface area contributed by atoms with Crippen LogP contribution in [0.2, 0.25) is 0 Å². The summed E-state index contributed by atoms with van der Waals surface area (Å²) in [6.45, 7) is 10.4. The zero-order valence-corrected chi connectivity index (χ0v) is 8.74. The summed E-state index contributed by atoms with van der Waals surface area (Å²) in [5.41, 5.74) is 1.40. The molecule has 0 fully saturated rings. The topological polar surface area (TPSA) is 55.1 Å². The summed E-state index contributed by atoms with van der Waals surface area (Å²) in [6.07, 6.45) is 0. The lowest BCUT2D eigenvalue weighted by molar-refractivity contribution is 0.0689. The quantitative estimate of drug-likeness (QED) is 0.799. The third kappa shape index (κ3) is 1.95. The van der Waals surface area contributed by atoms with Gasteiger partial charge in [-0.15, -0.1) is 0 Å². The number of carboxylic acid groups (broad SMARTS) is 1. The van der Waals surface area contributed by atoms with Gasteiger partial charge in [0.25, 0.3) is 0 Å². The highest BCUT2D eigenvalue weighted by Gasteiger charge is 2.16. The molecule has 77 valence electrons. The average molecular weight is 195 g/mol. The molecular formula is C10H15N2O2. The predicted molar refractivity (Wildman–Crippen MR) is 53.2 cm³/mol. The minimum Gasteiger partial charge on any atom is -0.476 e. The van der Waals surface area contributed by atoms with Crippen molar-refractivity contribution >= 4 is 5.97 Å². The Kier molecular flexibility index (Phi) is 2.93. The van der Waals surface area contributed by atoms with Crippen molar-refractivity contribution in [2.24, 2.45) is 5.92 Å². The Labute approximate surface area is 83.5 Å². The van der Waals surface area contributed by atoms with Gasteiger partial charge in [0.1, 0.15) is 0 Å². The van der Waals surface area contributed by atoms with Crippen LogP contribution in [0.4, 0.5) is 0 Å². The second-order valence-electron chi connectivity index (χ2n) is 3.79. The van der Waals surface area contributed by atoms with E-state index in [1.165, 1.54) is 0 Å². The first-order valence-corrected chi connectivity index (χ1v) is 4.56. The minimum atomic E-state index is -1.01. The standard InChI is InChI=1S/C10H15N2O2/c1-6(2)5-12-8(4)7(3)9(11-12)10(13)14/h6H,3,5H2,1-2,4H3,(H,13,14). The second-order valence-corrected chi connectivity index (χ2v) is 3.79. The largest absolute Gasteiger partial charge is 0.476 e. The lowest BCUT2D eigenvalue weighted by Gasteiger charge is -2.06. The molecule has 0 aliphatic rings. The summed E-state index contributed by atoms with van der Waals surface area (Å²) < 4.78 is 1.70. The van der Waals surface area contributed by atoms with Crippen LogP contribution in [0.5, 0.6) is 0 Å². The van der Waals surface area contributed by atoms with Gasteiger partial charge in [-0.2, -0.15) is 5.10 Å². The predicted octanol–water partition coefficient (Wildman–Crippen LogP) is 1.73. The van der Waals surface area contributed by atoms with Crippen molar-refractivity contribution < 1.29 is 9.90 Å². The number of hydrogen-bond donors (Lipinski definition) is 1. The van der Waals surface area contributed by atoms with E-state index in [0.717, 1.165) is 12.2 Å². The highest BCUT2D eigenvalue weighted by atomic mass is 16.4. The lowest BCUT2D eigenvalue weighted by atomic mass is 10.2. The van der Waals surface area contributed by atoms with Crippen LogP contribution in [-0.2, 0) is 6.54 Å². The fourth-order valence-electron chi connectivity index (χ4n) is 1.28. The van der Waals surface area contributed by atoms with E-state index in [4.69, 9.17) is 5.11 Å². The van der Waals surface area contributed by atoms with Crippen LogP contribution in [-0.4, -0.2) is 20.9 Å². The van der Waals surface area contributed by atoms with Crippen LogP contribution in [0.15, 0.2) is 0 Å². The molecule has 0 aliphatic carbocycles. The zero-order chi connectivity index (χ0) is 10.9. The Morgan fingerprint density at radius 1 is 1.64 bits per heavy atom. The molecule has 0 saturated heterocycles. The summed E-state index contributed by atoms with van der Waals surface area (Å²) in [4.78, 5) is 10.8.